The van der Waals surface area contributed by atoms with Crippen LogP contribution in [0.15, 0.2) is 30.3 Å². The normalized spacial score (nSPS) is 17.6. The Bertz CT molecular complexity index is 731. The van der Waals surface area contributed by atoms with Gasteiger partial charge in [-0.05, 0) is 67.5 Å². The highest BCUT2D eigenvalue weighted by Crippen LogP contribution is 2.20. The topological polar surface area (TPSA) is 55.3 Å². The van der Waals surface area contributed by atoms with Gasteiger partial charge in [0.25, 0.3) is 5.91 Å². The van der Waals surface area contributed by atoms with Gasteiger partial charge in [-0.1, -0.05) is 12.1 Å². The fourth-order valence-electron chi connectivity index (χ4n) is 2.92. The summed E-state index contributed by atoms with van der Waals surface area (Å²) < 4.78 is 6.92. The summed E-state index contributed by atoms with van der Waals surface area (Å²) >= 11 is 2.20. The lowest BCUT2D eigenvalue weighted by molar-refractivity contribution is 0.0514. The number of aromatic nitrogens is 2. The van der Waals surface area contributed by atoms with Crippen LogP contribution >= 0.6 is 22.6 Å². The zero-order chi connectivity index (χ0) is 17.1. The van der Waals surface area contributed by atoms with Crippen molar-refractivity contribution in [3.8, 4) is 6.01 Å². The third-order valence-electron chi connectivity index (χ3n) is 4.00. The maximum atomic E-state index is 12.8. The minimum atomic E-state index is -0.0646. The van der Waals surface area contributed by atoms with Crippen molar-refractivity contribution in [1.29, 1.82) is 0 Å². The number of benzene rings is 1. The van der Waals surface area contributed by atoms with Gasteiger partial charge in [0.15, 0.2) is 0 Å². The van der Waals surface area contributed by atoms with E-state index in [4.69, 9.17) is 4.74 Å². The maximum absolute atomic E-state index is 12.8. The molecule has 0 bridgehead atoms. The highest BCUT2D eigenvalue weighted by Gasteiger charge is 2.27. The highest BCUT2D eigenvalue weighted by atomic mass is 127. The van der Waals surface area contributed by atoms with Gasteiger partial charge < -0.3 is 9.64 Å². The first-order valence-electron chi connectivity index (χ1n) is 8.05. The zero-order valence-corrected chi connectivity index (χ0v) is 16.0. The first kappa shape index (κ1) is 17.1. The molecule has 3 rings (SSSR count). The molecule has 1 aromatic heterocycles. The Kier molecular flexibility index (Phi) is 5.33. The van der Waals surface area contributed by atoms with Gasteiger partial charge in [-0.15, -0.1) is 0 Å². The molecule has 0 saturated carbocycles. The molecule has 6 heteroatoms. The number of carbonyl (C=O) groups is 1. The molecule has 1 aliphatic heterocycles. The van der Waals surface area contributed by atoms with Crippen molar-refractivity contribution in [3.05, 3.63) is 50.9 Å². The summed E-state index contributed by atoms with van der Waals surface area (Å²) in [5, 5.41) is 0. The summed E-state index contributed by atoms with van der Waals surface area (Å²) in [6.07, 6.45) is 1.77. The number of amides is 1. The molecule has 1 fully saturated rings. The van der Waals surface area contributed by atoms with Crippen molar-refractivity contribution >= 4 is 28.5 Å². The van der Waals surface area contributed by atoms with Crippen LogP contribution in [0.1, 0.15) is 34.6 Å². The van der Waals surface area contributed by atoms with Gasteiger partial charge in [-0.2, -0.15) is 0 Å². The van der Waals surface area contributed by atoms with Crippen LogP contribution in [0.2, 0.25) is 0 Å². The molecule has 1 unspecified atom stereocenters. The molecule has 0 N–H and O–H groups in total. The number of nitrogens with zero attached hydrogens (tertiary/aromatic N) is 3. The van der Waals surface area contributed by atoms with Crippen LogP contribution in [-0.4, -0.2) is 40.0 Å². The SMILES string of the molecule is Cc1cc(C)nc(OC2CCCN(C(=O)c3ccccc3I)C2)n1. The lowest BCUT2D eigenvalue weighted by atomic mass is 10.1. The van der Waals surface area contributed by atoms with E-state index in [2.05, 4.69) is 32.6 Å². The van der Waals surface area contributed by atoms with Crippen molar-refractivity contribution in [1.82, 2.24) is 14.9 Å². The minimum Gasteiger partial charge on any atom is -0.458 e. The monoisotopic (exact) mass is 437 g/mol. The van der Waals surface area contributed by atoms with Gasteiger partial charge in [0, 0.05) is 21.5 Å². The molecule has 0 radical (unpaired) electrons. The molecule has 5 nitrogen and oxygen atoms in total. The van der Waals surface area contributed by atoms with Crippen LogP contribution < -0.4 is 4.74 Å². The van der Waals surface area contributed by atoms with E-state index < -0.39 is 0 Å². The van der Waals surface area contributed by atoms with E-state index in [9.17, 15) is 4.79 Å². The lowest BCUT2D eigenvalue weighted by Crippen LogP contribution is -2.44. The average Bonchev–Trinajstić information content (AvgIpc) is 2.54. The first-order chi connectivity index (χ1) is 11.5. The van der Waals surface area contributed by atoms with E-state index in [1.165, 1.54) is 0 Å². The summed E-state index contributed by atoms with van der Waals surface area (Å²) in [5.41, 5.74) is 2.53. The van der Waals surface area contributed by atoms with E-state index in [1.807, 2.05) is 49.1 Å². The van der Waals surface area contributed by atoms with Gasteiger partial charge in [0.2, 0.25) is 0 Å². The standard InChI is InChI=1S/C18H20IN3O2/c1-12-10-13(2)21-18(20-12)24-14-6-5-9-22(11-14)17(23)15-7-3-4-8-16(15)19/h3-4,7-8,10,14H,5-6,9,11H2,1-2H3. The fourth-order valence-corrected chi connectivity index (χ4v) is 3.54. The van der Waals surface area contributed by atoms with Crippen molar-refractivity contribution < 1.29 is 9.53 Å². The largest absolute Gasteiger partial charge is 0.458 e. The summed E-state index contributed by atoms with van der Waals surface area (Å²) in [4.78, 5) is 23.3. The van der Waals surface area contributed by atoms with Crippen molar-refractivity contribution in [2.24, 2.45) is 0 Å². The number of aryl methyl sites for hydroxylation is 2. The predicted molar refractivity (Wildman–Crippen MR) is 100 cm³/mol. The number of hydrogen-bond donors (Lipinski definition) is 0. The second-order valence-electron chi connectivity index (χ2n) is 6.05. The summed E-state index contributed by atoms with van der Waals surface area (Å²) in [6.45, 7) is 5.18. The molecule has 1 aromatic carbocycles. The number of likely N-dealkylation sites (tertiary alicyclic amines) is 1. The van der Waals surface area contributed by atoms with E-state index in [0.717, 1.165) is 39.9 Å². The third-order valence-corrected chi connectivity index (χ3v) is 4.94. The molecule has 1 aliphatic rings. The minimum absolute atomic E-state index is 0.0645. The molecule has 1 amide bonds. The molecule has 0 aliphatic carbocycles. The van der Waals surface area contributed by atoms with Gasteiger partial charge in [0.05, 0.1) is 12.1 Å². The molecule has 1 saturated heterocycles. The third kappa shape index (κ3) is 4.03. The Hall–Kier alpha value is -1.70. The van der Waals surface area contributed by atoms with Gasteiger partial charge >= 0.3 is 6.01 Å². The molecule has 2 aromatic rings. The van der Waals surface area contributed by atoms with E-state index in [-0.39, 0.29) is 12.0 Å². The van der Waals surface area contributed by atoms with Crippen LogP contribution in [0.3, 0.4) is 0 Å². The fraction of sp³-hybridized carbons (Fsp3) is 0.389. The summed E-state index contributed by atoms with van der Waals surface area (Å²) in [7, 11) is 0. The molecular formula is C18H20IN3O2. The van der Waals surface area contributed by atoms with Crippen molar-refractivity contribution in [2.75, 3.05) is 13.1 Å². The van der Waals surface area contributed by atoms with Gasteiger partial charge in [-0.25, -0.2) is 9.97 Å². The van der Waals surface area contributed by atoms with Crippen LogP contribution in [0, 0.1) is 17.4 Å². The number of ether oxygens (including phenoxy) is 1. The summed E-state index contributed by atoms with van der Waals surface area (Å²) in [6, 6.07) is 9.99. The van der Waals surface area contributed by atoms with Crippen LogP contribution in [-0.2, 0) is 0 Å². The van der Waals surface area contributed by atoms with Gasteiger partial charge in [-0.3, -0.25) is 4.79 Å². The predicted octanol–water partition coefficient (Wildman–Crippen LogP) is 3.38. The van der Waals surface area contributed by atoms with Crippen molar-refractivity contribution in [3.63, 3.8) is 0 Å². The van der Waals surface area contributed by atoms with E-state index >= 15 is 0 Å². The molecule has 2 heterocycles. The number of rotatable bonds is 3. The Morgan fingerprint density at radius 3 is 2.67 bits per heavy atom. The Morgan fingerprint density at radius 2 is 1.96 bits per heavy atom. The Morgan fingerprint density at radius 1 is 1.25 bits per heavy atom. The second kappa shape index (κ2) is 7.46. The number of carbonyl (C=O) groups excluding carboxylic acids is 1. The smallest absolute Gasteiger partial charge is 0.317 e. The van der Waals surface area contributed by atoms with Gasteiger partial charge in [0.1, 0.15) is 6.10 Å². The van der Waals surface area contributed by atoms with Crippen molar-refractivity contribution in [2.45, 2.75) is 32.8 Å². The molecule has 24 heavy (non-hydrogen) atoms. The van der Waals surface area contributed by atoms with E-state index in [0.29, 0.717) is 12.6 Å². The van der Waals surface area contributed by atoms with E-state index in [1.54, 1.807) is 0 Å². The Balaban J connectivity index is 1.70. The lowest BCUT2D eigenvalue weighted by Gasteiger charge is -2.32. The average molecular weight is 437 g/mol. The molecule has 1 atom stereocenters. The number of hydrogen-bond acceptors (Lipinski definition) is 4. The second-order valence-corrected chi connectivity index (χ2v) is 7.21. The molecule has 126 valence electrons. The molecular weight excluding hydrogens is 417 g/mol. The number of piperidine rings is 1. The summed E-state index contributed by atoms with van der Waals surface area (Å²) in [5.74, 6) is 0.0645. The van der Waals surface area contributed by atoms with Crippen LogP contribution in [0.5, 0.6) is 6.01 Å². The highest BCUT2D eigenvalue weighted by molar-refractivity contribution is 14.1. The first-order valence-corrected chi connectivity index (χ1v) is 9.13. The van der Waals surface area contributed by atoms with Crippen LogP contribution in [0.4, 0.5) is 0 Å². The Labute approximate surface area is 155 Å². The maximum Gasteiger partial charge on any atom is 0.317 e. The van der Waals surface area contributed by atoms with Crippen LogP contribution in [0.25, 0.3) is 0 Å². The zero-order valence-electron chi connectivity index (χ0n) is 13.8. The molecule has 0 spiro atoms. The number of halogens is 1. The quantitative estimate of drug-likeness (QED) is 0.692.